The quantitative estimate of drug-likeness (QED) is 0.234. The highest BCUT2D eigenvalue weighted by atomic mass is 19.4. The molecule has 0 aliphatic heterocycles. The number of benzene rings is 3. The van der Waals surface area contributed by atoms with Gasteiger partial charge in [0.1, 0.15) is 5.82 Å². The maximum atomic E-state index is 14.4. The van der Waals surface area contributed by atoms with Crippen LogP contribution in [0.3, 0.4) is 0 Å². The normalized spacial score (nSPS) is 12.7. The molecule has 0 amide bonds. The molecule has 8 heteroatoms. The summed E-state index contributed by atoms with van der Waals surface area (Å²) in [6.07, 6.45) is -10.1. The van der Waals surface area contributed by atoms with E-state index in [2.05, 4.69) is 0 Å². The summed E-state index contributed by atoms with van der Waals surface area (Å²) in [6, 6.07) is 15.9. The molecule has 3 aromatic rings. The predicted octanol–water partition coefficient (Wildman–Crippen LogP) is 8.99. The summed E-state index contributed by atoms with van der Waals surface area (Å²) < 4.78 is 92.7. The van der Waals surface area contributed by atoms with Crippen molar-refractivity contribution in [3.8, 4) is 23.0 Å². The third-order valence-electron chi connectivity index (χ3n) is 7.71. The summed E-state index contributed by atoms with van der Waals surface area (Å²) in [7, 11) is 0. The lowest BCUT2D eigenvalue weighted by Crippen LogP contribution is -2.55. The summed E-state index contributed by atoms with van der Waals surface area (Å²) in [6.45, 7) is 9.38. The number of aryl methyl sites for hydroxylation is 3. The Morgan fingerprint density at radius 2 is 1.27 bits per heavy atom. The van der Waals surface area contributed by atoms with Crippen molar-refractivity contribution in [3.05, 3.63) is 93.8 Å². The molecule has 0 aliphatic rings. The van der Waals surface area contributed by atoms with E-state index in [9.17, 15) is 35.8 Å². The lowest BCUT2D eigenvalue weighted by molar-refractivity contribution is -0.343. The molecule has 0 saturated carbocycles. The van der Waals surface area contributed by atoms with Gasteiger partial charge in [-0.2, -0.15) is 26.3 Å². The molecule has 0 radical (unpaired) electrons. The second kappa shape index (κ2) is 11.3. The highest BCUT2D eigenvalue weighted by molar-refractivity contribution is 5.68. The molecule has 0 unspecified atom stereocenters. The predicted molar refractivity (Wildman–Crippen MR) is 142 cm³/mol. The van der Waals surface area contributed by atoms with Crippen molar-refractivity contribution in [2.75, 3.05) is 0 Å². The van der Waals surface area contributed by atoms with Gasteiger partial charge in [0.05, 0.1) is 0 Å². The van der Waals surface area contributed by atoms with Crippen molar-refractivity contribution in [2.45, 2.75) is 77.2 Å². The largest absolute Gasteiger partial charge is 0.438 e. The molecular weight excluding hydrogens is 533 g/mol. The van der Waals surface area contributed by atoms with Gasteiger partial charge in [-0.05, 0) is 90.1 Å². The van der Waals surface area contributed by atoms with Crippen molar-refractivity contribution in [1.82, 2.24) is 0 Å². The Labute approximate surface area is 230 Å². The van der Waals surface area contributed by atoms with E-state index in [-0.39, 0.29) is 11.4 Å². The molecular formula is C32H31F7O. The van der Waals surface area contributed by atoms with Crippen LogP contribution in [0.4, 0.5) is 30.7 Å². The van der Waals surface area contributed by atoms with Gasteiger partial charge in [-0.15, -0.1) is 0 Å². The van der Waals surface area contributed by atoms with Gasteiger partial charge in [0.2, 0.25) is 0 Å². The van der Waals surface area contributed by atoms with Crippen LogP contribution >= 0.6 is 0 Å². The Bertz CT molecular complexity index is 1420. The lowest BCUT2D eigenvalue weighted by Gasteiger charge is -2.34. The second-order valence-corrected chi connectivity index (χ2v) is 9.96. The first-order chi connectivity index (χ1) is 18.5. The van der Waals surface area contributed by atoms with E-state index in [0.29, 0.717) is 30.4 Å². The summed E-state index contributed by atoms with van der Waals surface area (Å²) in [4.78, 5) is 0. The zero-order valence-electron chi connectivity index (χ0n) is 22.9. The van der Waals surface area contributed by atoms with Crippen molar-refractivity contribution < 1.29 is 35.8 Å². The molecule has 0 saturated heterocycles. The Kier molecular flexibility index (Phi) is 8.81. The first-order valence-electron chi connectivity index (χ1n) is 12.9. The Balaban J connectivity index is 2.05. The van der Waals surface area contributed by atoms with E-state index in [1.165, 1.54) is 12.1 Å². The fourth-order valence-corrected chi connectivity index (χ4v) is 5.08. The number of hydrogen-bond donors (Lipinski definition) is 1. The lowest BCUT2D eigenvalue weighted by atomic mass is 9.69. The first kappa shape index (κ1) is 31.2. The van der Waals surface area contributed by atoms with Crippen LogP contribution in [0.5, 0.6) is 0 Å². The maximum Gasteiger partial charge on any atom is 0.438 e. The smallest absolute Gasteiger partial charge is 0.363 e. The van der Waals surface area contributed by atoms with Crippen molar-refractivity contribution >= 4 is 0 Å². The third kappa shape index (κ3) is 5.62. The van der Waals surface area contributed by atoms with E-state index in [1.807, 2.05) is 57.9 Å². The number of halogens is 7. The molecule has 0 atom stereocenters. The van der Waals surface area contributed by atoms with Gasteiger partial charge >= 0.3 is 18.0 Å². The van der Waals surface area contributed by atoms with Crippen LogP contribution in [0.25, 0.3) is 11.1 Å². The zero-order chi connectivity index (χ0) is 30.1. The molecule has 0 fully saturated rings. The monoisotopic (exact) mass is 564 g/mol. The summed E-state index contributed by atoms with van der Waals surface area (Å²) in [5, 5.41) is 9.37. The average Bonchev–Trinajstić information content (AvgIpc) is 2.87. The molecule has 0 aromatic heterocycles. The molecule has 0 spiro atoms. The SMILES string of the molecule is CCc1ccc(-c2ccc(C(CC)(CC)c3ccc(C#CC(O)(C(F)(F)F)C(F)(F)F)c(C)c3)cc2C)cc1F. The molecule has 0 heterocycles. The van der Waals surface area contributed by atoms with Gasteiger partial charge in [-0.25, -0.2) is 4.39 Å². The second-order valence-electron chi connectivity index (χ2n) is 9.96. The highest BCUT2D eigenvalue weighted by Crippen LogP contribution is 2.43. The highest BCUT2D eigenvalue weighted by Gasteiger charge is 2.70. The number of rotatable bonds is 6. The van der Waals surface area contributed by atoms with Crippen LogP contribution < -0.4 is 0 Å². The average molecular weight is 565 g/mol. The minimum Gasteiger partial charge on any atom is -0.363 e. The van der Waals surface area contributed by atoms with E-state index < -0.39 is 23.4 Å². The van der Waals surface area contributed by atoms with Crippen molar-refractivity contribution in [1.29, 1.82) is 0 Å². The van der Waals surface area contributed by atoms with Crippen LogP contribution in [-0.2, 0) is 11.8 Å². The molecule has 1 N–H and O–H groups in total. The van der Waals surface area contributed by atoms with Gasteiger partial charge in [-0.1, -0.05) is 69.2 Å². The zero-order valence-corrected chi connectivity index (χ0v) is 22.9. The maximum absolute atomic E-state index is 14.4. The van der Waals surface area contributed by atoms with E-state index in [4.69, 9.17) is 0 Å². The summed E-state index contributed by atoms with van der Waals surface area (Å²) in [5.41, 5.74) is -0.299. The molecule has 3 rings (SSSR count). The van der Waals surface area contributed by atoms with Gasteiger partial charge in [0, 0.05) is 11.0 Å². The molecule has 1 nitrogen and oxygen atoms in total. The van der Waals surface area contributed by atoms with Crippen molar-refractivity contribution in [3.63, 3.8) is 0 Å². The van der Waals surface area contributed by atoms with Gasteiger partial charge in [-0.3, -0.25) is 0 Å². The standard InChI is InChI=1S/C32H31F7O/c1-6-22-9-10-24(19-28(22)33)27-14-13-26(18-21(27)5)29(7-2,8-3)25-12-11-23(20(4)17-25)15-16-30(40,31(34,35)36)32(37,38)39/h9-14,17-19,40H,6-8H2,1-5H3. The van der Waals surface area contributed by atoms with E-state index in [0.717, 1.165) is 33.7 Å². The van der Waals surface area contributed by atoms with Crippen LogP contribution in [0.1, 0.15) is 67.0 Å². The summed E-state index contributed by atoms with van der Waals surface area (Å²) >= 11 is 0. The fourth-order valence-electron chi connectivity index (χ4n) is 5.08. The number of aliphatic hydroxyl groups is 1. The Morgan fingerprint density at radius 1 is 0.725 bits per heavy atom. The summed E-state index contributed by atoms with van der Waals surface area (Å²) in [5.74, 6) is 2.66. The van der Waals surface area contributed by atoms with Crippen LogP contribution in [-0.4, -0.2) is 23.1 Å². The van der Waals surface area contributed by atoms with E-state index in [1.54, 1.807) is 25.1 Å². The first-order valence-corrected chi connectivity index (χ1v) is 12.9. The van der Waals surface area contributed by atoms with Crippen LogP contribution in [0.15, 0.2) is 54.6 Å². The molecule has 214 valence electrons. The topological polar surface area (TPSA) is 20.2 Å². The minimum atomic E-state index is -6.01. The van der Waals surface area contributed by atoms with Gasteiger partial charge in [0.25, 0.3) is 0 Å². The minimum absolute atomic E-state index is 0.0548. The molecule has 3 aromatic carbocycles. The third-order valence-corrected chi connectivity index (χ3v) is 7.71. The van der Waals surface area contributed by atoms with Crippen LogP contribution in [0, 0.1) is 31.5 Å². The fraction of sp³-hybridized carbons (Fsp3) is 0.375. The molecule has 40 heavy (non-hydrogen) atoms. The Hall–Kier alpha value is -3.31. The number of alkyl halides is 6. The van der Waals surface area contributed by atoms with Crippen LogP contribution in [0.2, 0.25) is 0 Å². The molecule has 0 bridgehead atoms. The Morgan fingerprint density at radius 3 is 1.73 bits per heavy atom. The van der Waals surface area contributed by atoms with E-state index >= 15 is 0 Å². The van der Waals surface area contributed by atoms with Gasteiger partial charge < -0.3 is 5.11 Å². The number of hydrogen-bond acceptors (Lipinski definition) is 1. The van der Waals surface area contributed by atoms with Gasteiger partial charge in [0.15, 0.2) is 0 Å². The van der Waals surface area contributed by atoms with Crippen molar-refractivity contribution in [2.24, 2.45) is 0 Å². The molecule has 0 aliphatic carbocycles.